The standard InChI is InChI=1S/C24H30FN3O4/c1-16(29)28-12-10-24(11-13-28,23(31)26-19-6-8-20(30)9-7-19)15-21-14-22(27-32-21)17-2-4-18(25)5-3-17/h2-5,14,19-20,30H,6-13,15H2,1H3,(H,26,31). The SMILES string of the molecule is CC(=O)N1CCC(Cc2cc(-c3ccc(F)cc3)no2)(C(=O)NC2CCC(O)CC2)CC1. The van der Waals surface area contributed by atoms with Crippen molar-refractivity contribution in [1.29, 1.82) is 0 Å². The molecule has 0 unspecified atom stereocenters. The zero-order valence-electron chi connectivity index (χ0n) is 18.3. The Hall–Kier alpha value is -2.74. The molecule has 8 heteroatoms. The van der Waals surface area contributed by atoms with E-state index in [-0.39, 0.29) is 29.8 Å². The number of nitrogens with one attached hydrogen (secondary N) is 1. The Balaban J connectivity index is 1.51. The molecule has 1 saturated heterocycles. The second-order valence-electron chi connectivity index (χ2n) is 9.13. The fourth-order valence-corrected chi connectivity index (χ4v) is 4.78. The quantitative estimate of drug-likeness (QED) is 0.741. The van der Waals surface area contributed by atoms with Gasteiger partial charge in [-0.25, -0.2) is 4.39 Å². The van der Waals surface area contributed by atoms with Gasteiger partial charge in [-0.3, -0.25) is 9.59 Å². The molecule has 0 spiro atoms. The lowest BCUT2D eigenvalue weighted by Crippen LogP contribution is -2.53. The highest BCUT2D eigenvalue weighted by atomic mass is 19.1. The molecular formula is C24H30FN3O4. The first-order valence-corrected chi connectivity index (χ1v) is 11.3. The number of piperidine rings is 1. The van der Waals surface area contributed by atoms with Gasteiger partial charge in [-0.15, -0.1) is 0 Å². The highest BCUT2D eigenvalue weighted by Crippen LogP contribution is 2.37. The van der Waals surface area contributed by atoms with E-state index in [1.54, 1.807) is 30.0 Å². The van der Waals surface area contributed by atoms with Crippen molar-refractivity contribution in [3.8, 4) is 11.3 Å². The minimum atomic E-state index is -0.693. The number of hydrogen-bond acceptors (Lipinski definition) is 5. The Labute approximate surface area is 187 Å². The van der Waals surface area contributed by atoms with E-state index in [1.807, 2.05) is 0 Å². The van der Waals surface area contributed by atoms with Gasteiger partial charge >= 0.3 is 0 Å². The molecule has 1 saturated carbocycles. The molecule has 0 atom stereocenters. The number of nitrogens with zero attached hydrogens (tertiary/aromatic N) is 2. The van der Waals surface area contributed by atoms with Gasteiger partial charge in [0.05, 0.1) is 11.5 Å². The minimum absolute atomic E-state index is 0.0125. The predicted octanol–water partition coefficient (Wildman–Crippen LogP) is 3.07. The molecule has 0 bridgehead atoms. The molecule has 2 amide bonds. The second kappa shape index (κ2) is 9.40. The van der Waals surface area contributed by atoms with Gasteiger partial charge in [0.15, 0.2) is 0 Å². The van der Waals surface area contributed by atoms with Gasteiger partial charge in [0.25, 0.3) is 0 Å². The monoisotopic (exact) mass is 443 g/mol. The van der Waals surface area contributed by atoms with Gasteiger partial charge in [-0.05, 0) is 62.8 Å². The maximum Gasteiger partial charge on any atom is 0.227 e. The van der Waals surface area contributed by atoms with E-state index in [0.29, 0.717) is 56.6 Å². The molecule has 2 aliphatic rings. The summed E-state index contributed by atoms with van der Waals surface area (Å²) in [6.45, 7) is 2.59. The van der Waals surface area contributed by atoms with E-state index in [4.69, 9.17) is 4.52 Å². The summed E-state index contributed by atoms with van der Waals surface area (Å²) >= 11 is 0. The molecule has 1 aliphatic heterocycles. The third kappa shape index (κ3) is 5.01. The highest BCUT2D eigenvalue weighted by molar-refractivity contribution is 5.84. The molecule has 7 nitrogen and oxygen atoms in total. The third-order valence-corrected chi connectivity index (χ3v) is 6.89. The molecule has 1 aliphatic carbocycles. The fraction of sp³-hybridized carbons (Fsp3) is 0.542. The number of aliphatic hydroxyl groups excluding tert-OH is 1. The molecule has 2 aromatic rings. The normalized spacial score (nSPS) is 23.0. The maximum atomic E-state index is 13.5. The van der Waals surface area contributed by atoms with Gasteiger partial charge in [-0.2, -0.15) is 0 Å². The van der Waals surface area contributed by atoms with E-state index in [1.165, 1.54) is 12.1 Å². The summed E-state index contributed by atoms with van der Waals surface area (Å²) in [6, 6.07) is 7.88. The van der Waals surface area contributed by atoms with Crippen molar-refractivity contribution >= 4 is 11.8 Å². The molecule has 0 radical (unpaired) electrons. The Morgan fingerprint density at radius 2 is 1.84 bits per heavy atom. The van der Waals surface area contributed by atoms with Gasteiger partial charge in [0.1, 0.15) is 17.3 Å². The van der Waals surface area contributed by atoms with E-state index in [9.17, 15) is 19.1 Å². The van der Waals surface area contributed by atoms with Crippen molar-refractivity contribution in [3.63, 3.8) is 0 Å². The summed E-state index contributed by atoms with van der Waals surface area (Å²) in [6.07, 6.45) is 4.10. The number of rotatable bonds is 5. The van der Waals surface area contributed by atoms with Crippen LogP contribution in [-0.4, -0.2) is 52.2 Å². The third-order valence-electron chi connectivity index (χ3n) is 6.89. The van der Waals surface area contributed by atoms with Gasteiger partial charge < -0.3 is 19.8 Å². The van der Waals surface area contributed by atoms with Crippen LogP contribution in [0.2, 0.25) is 0 Å². The Morgan fingerprint density at radius 3 is 2.47 bits per heavy atom. The fourth-order valence-electron chi connectivity index (χ4n) is 4.78. The number of aromatic nitrogens is 1. The van der Waals surface area contributed by atoms with Crippen LogP contribution < -0.4 is 5.32 Å². The maximum absolute atomic E-state index is 13.5. The molecule has 2 heterocycles. The lowest BCUT2D eigenvalue weighted by atomic mass is 9.73. The molecule has 1 aromatic carbocycles. The molecule has 2 N–H and O–H groups in total. The molecule has 4 rings (SSSR count). The lowest BCUT2D eigenvalue weighted by molar-refractivity contribution is -0.140. The lowest BCUT2D eigenvalue weighted by Gasteiger charge is -2.41. The number of aliphatic hydroxyl groups is 1. The van der Waals surface area contributed by atoms with Crippen LogP contribution in [0.3, 0.4) is 0 Å². The highest BCUT2D eigenvalue weighted by Gasteiger charge is 2.43. The van der Waals surface area contributed by atoms with Crippen LogP contribution in [0.5, 0.6) is 0 Å². The molecule has 1 aromatic heterocycles. The molecular weight excluding hydrogens is 413 g/mol. The smallest absolute Gasteiger partial charge is 0.227 e. The molecule has 32 heavy (non-hydrogen) atoms. The van der Waals surface area contributed by atoms with Crippen LogP contribution >= 0.6 is 0 Å². The summed E-state index contributed by atoms with van der Waals surface area (Å²) in [5.41, 5.74) is 0.645. The number of carbonyl (C=O) groups is 2. The summed E-state index contributed by atoms with van der Waals surface area (Å²) in [4.78, 5) is 27.1. The Morgan fingerprint density at radius 1 is 1.19 bits per heavy atom. The second-order valence-corrected chi connectivity index (χ2v) is 9.13. The van der Waals surface area contributed by atoms with Crippen LogP contribution in [-0.2, 0) is 16.0 Å². The van der Waals surface area contributed by atoms with Gasteiger partial charge in [0.2, 0.25) is 11.8 Å². The van der Waals surface area contributed by atoms with Crippen molar-refractivity contribution in [2.24, 2.45) is 5.41 Å². The first-order valence-electron chi connectivity index (χ1n) is 11.3. The predicted molar refractivity (Wildman–Crippen MR) is 116 cm³/mol. The Kier molecular flexibility index (Phi) is 6.60. The van der Waals surface area contributed by atoms with Crippen molar-refractivity contribution < 1.29 is 23.6 Å². The number of amides is 2. The van der Waals surface area contributed by atoms with E-state index < -0.39 is 5.41 Å². The Bertz CT molecular complexity index is 942. The number of carbonyl (C=O) groups excluding carboxylic acids is 2. The minimum Gasteiger partial charge on any atom is -0.393 e. The van der Waals surface area contributed by atoms with Crippen molar-refractivity contribution in [1.82, 2.24) is 15.4 Å². The largest absolute Gasteiger partial charge is 0.393 e. The van der Waals surface area contributed by atoms with Gasteiger partial charge in [-0.1, -0.05) is 5.16 Å². The van der Waals surface area contributed by atoms with Crippen LogP contribution in [0.4, 0.5) is 4.39 Å². The summed E-state index contributed by atoms with van der Waals surface area (Å²) in [5.74, 6) is 0.260. The van der Waals surface area contributed by atoms with Crippen molar-refractivity contribution in [2.75, 3.05) is 13.1 Å². The van der Waals surface area contributed by atoms with Crippen molar-refractivity contribution in [2.45, 2.75) is 64.0 Å². The number of halogens is 1. The zero-order chi connectivity index (χ0) is 22.7. The first-order chi connectivity index (χ1) is 15.3. The van der Waals surface area contributed by atoms with E-state index in [0.717, 1.165) is 18.4 Å². The van der Waals surface area contributed by atoms with Crippen molar-refractivity contribution in [3.05, 3.63) is 41.9 Å². The van der Waals surface area contributed by atoms with Crippen LogP contribution in [0.15, 0.2) is 34.9 Å². The number of likely N-dealkylation sites (tertiary alicyclic amines) is 1. The molecule has 172 valence electrons. The first kappa shape index (κ1) is 22.5. The average Bonchev–Trinajstić information content (AvgIpc) is 3.24. The summed E-state index contributed by atoms with van der Waals surface area (Å²) in [5, 5.41) is 17.1. The van der Waals surface area contributed by atoms with E-state index >= 15 is 0 Å². The van der Waals surface area contributed by atoms with Crippen LogP contribution in [0.25, 0.3) is 11.3 Å². The zero-order valence-corrected chi connectivity index (χ0v) is 18.3. The topological polar surface area (TPSA) is 95.7 Å². The number of benzene rings is 1. The van der Waals surface area contributed by atoms with Crippen LogP contribution in [0, 0.1) is 11.2 Å². The van der Waals surface area contributed by atoms with Crippen LogP contribution in [0.1, 0.15) is 51.2 Å². The van der Waals surface area contributed by atoms with E-state index in [2.05, 4.69) is 10.5 Å². The average molecular weight is 444 g/mol. The molecule has 2 fully saturated rings. The summed E-state index contributed by atoms with van der Waals surface area (Å²) < 4.78 is 18.8. The summed E-state index contributed by atoms with van der Waals surface area (Å²) in [7, 11) is 0. The van der Waals surface area contributed by atoms with Gasteiger partial charge in [0, 0.05) is 44.1 Å². The number of hydrogen-bond donors (Lipinski definition) is 2.